The Morgan fingerprint density at radius 1 is 1.44 bits per heavy atom. The third-order valence-electron chi connectivity index (χ3n) is 1.24. The van der Waals surface area contributed by atoms with Crippen molar-refractivity contribution >= 4 is 35.2 Å². The molecule has 9 heavy (non-hydrogen) atoms. The molecule has 1 aromatic carbocycles. The van der Waals surface area contributed by atoms with Crippen LogP contribution in [-0.4, -0.2) is 0 Å². The van der Waals surface area contributed by atoms with Gasteiger partial charge in [0.2, 0.25) is 0 Å². The third-order valence-corrected chi connectivity index (χ3v) is 2.89. The molecule has 1 aromatic rings. The lowest BCUT2D eigenvalue weighted by molar-refractivity contribution is 1.28. The molecule has 0 aliphatic carbocycles. The first-order valence-electron chi connectivity index (χ1n) is 2.66. The maximum atomic E-state index is 4.26. The third kappa shape index (κ3) is 1.61. The van der Waals surface area contributed by atoms with Crippen molar-refractivity contribution in [2.75, 3.05) is 0 Å². The molecule has 1 rings (SSSR count). The maximum absolute atomic E-state index is 4.26. The van der Waals surface area contributed by atoms with Crippen LogP contribution in [0.4, 0.5) is 0 Å². The van der Waals surface area contributed by atoms with E-state index in [1.807, 2.05) is 12.1 Å². The molecule has 0 N–H and O–H groups in total. The fourth-order valence-electron chi connectivity index (χ4n) is 0.596. The lowest BCUT2D eigenvalue weighted by atomic mass is 10.2. The second-order valence-electron chi connectivity index (χ2n) is 1.88. The Morgan fingerprint density at radius 2 is 2.11 bits per heavy atom. The molecule has 0 nitrogen and oxygen atoms in total. The van der Waals surface area contributed by atoms with Crippen LogP contribution < -0.4 is 0 Å². The number of hydrogen-bond donors (Lipinski definition) is 1. The topological polar surface area (TPSA) is 0 Å². The molecule has 0 radical (unpaired) electrons. The van der Waals surface area contributed by atoms with Crippen molar-refractivity contribution in [3.63, 3.8) is 0 Å². The monoisotopic (exact) mass is 250 g/mol. The first kappa shape index (κ1) is 7.41. The van der Waals surface area contributed by atoms with Crippen LogP contribution in [0, 0.1) is 10.5 Å². The van der Waals surface area contributed by atoms with E-state index in [1.165, 1.54) is 9.13 Å². The van der Waals surface area contributed by atoms with Crippen LogP contribution in [-0.2, 0) is 0 Å². The summed E-state index contributed by atoms with van der Waals surface area (Å²) in [5, 5.41) is 0. The molecule has 2 heteroatoms. The number of halogens is 1. The summed E-state index contributed by atoms with van der Waals surface area (Å²) in [7, 11) is 0. The van der Waals surface area contributed by atoms with Crippen LogP contribution in [0.5, 0.6) is 0 Å². The second kappa shape index (κ2) is 2.92. The van der Waals surface area contributed by atoms with Crippen molar-refractivity contribution in [3.05, 3.63) is 27.3 Å². The molecule has 0 spiro atoms. The van der Waals surface area contributed by atoms with Gasteiger partial charge in [-0.3, -0.25) is 0 Å². The van der Waals surface area contributed by atoms with Crippen LogP contribution in [0.1, 0.15) is 5.56 Å². The van der Waals surface area contributed by atoms with Crippen LogP contribution >= 0.6 is 35.2 Å². The van der Waals surface area contributed by atoms with Crippen molar-refractivity contribution in [3.8, 4) is 0 Å². The molecule has 0 aliphatic heterocycles. The van der Waals surface area contributed by atoms with Crippen LogP contribution in [0.25, 0.3) is 0 Å². The summed E-state index contributed by atoms with van der Waals surface area (Å²) in [6.45, 7) is 2.07. The van der Waals surface area contributed by atoms with E-state index in [0.29, 0.717) is 0 Å². The first-order chi connectivity index (χ1) is 4.22. The van der Waals surface area contributed by atoms with E-state index in [0.717, 1.165) is 4.90 Å². The molecule has 48 valence electrons. The Hall–Kier alpha value is 0.300. The Bertz CT molecular complexity index is 200. The Morgan fingerprint density at radius 3 is 2.56 bits per heavy atom. The normalized spacial score (nSPS) is 9.67. The summed E-state index contributed by atoms with van der Waals surface area (Å²) in [4.78, 5) is 1.07. The molecule has 0 amide bonds. The minimum atomic E-state index is 1.07. The highest BCUT2D eigenvalue weighted by atomic mass is 127. The fourth-order valence-corrected chi connectivity index (χ4v) is 1.51. The SMILES string of the molecule is Cc1c(S)cccc1I. The molecule has 0 unspecified atom stereocenters. The minimum absolute atomic E-state index is 1.07. The molecular formula is C7H7IS. The average Bonchev–Trinajstić information content (AvgIpc) is 1.83. The lowest BCUT2D eigenvalue weighted by Crippen LogP contribution is -1.79. The molecule has 0 aliphatic rings. The summed E-state index contributed by atoms with van der Waals surface area (Å²) in [5.41, 5.74) is 1.27. The van der Waals surface area contributed by atoms with Crippen molar-refractivity contribution in [1.82, 2.24) is 0 Å². The van der Waals surface area contributed by atoms with Crippen LogP contribution in [0.2, 0.25) is 0 Å². The van der Waals surface area contributed by atoms with Gasteiger partial charge in [-0.15, -0.1) is 12.6 Å². The predicted octanol–water partition coefficient (Wildman–Crippen LogP) is 2.89. The largest absolute Gasteiger partial charge is 0.143 e. The number of hydrogen-bond acceptors (Lipinski definition) is 1. The highest BCUT2D eigenvalue weighted by molar-refractivity contribution is 14.1. The summed E-state index contributed by atoms with van der Waals surface area (Å²) >= 11 is 6.56. The molecule has 0 saturated carbocycles. The lowest BCUT2D eigenvalue weighted by Gasteiger charge is -1.98. The van der Waals surface area contributed by atoms with Crippen molar-refractivity contribution in [1.29, 1.82) is 0 Å². The molecule has 0 aromatic heterocycles. The van der Waals surface area contributed by atoms with Gasteiger partial charge in [-0.25, -0.2) is 0 Å². The van der Waals surface area contributed by atoms with E-state index in [9.17, 15) is 0 Å². The Labute approximate surface area is 74.2 Å². The highest BCUT2D eigenvalue weighted by Crippen LogP contribution is 2.17. The van der Waals surface area contributed by atoms with Crippen molar-refractivity contribution in [2.24, 2.45) is 0 Å². The molecular weight excluding hydrogens is 243 g/mol. The van der Waals surface area contributed by atoms with Gasteiger partial charge in [0.1, 0.15) is 0 Å². The zero-order valence-corrected chi connectivity index (χ0v) is 8.11. The van der Waals surface area contributed by atoms with Gasteiger partial charge in [0, 0.05) is 8.47 Å². The van der Waals surface area contributed by atoms with Gasteiger partial charge in [-0.2, -0.15) is 0 Å². The van der Waals surface area contributed by atoms with Crippen molar-refractivity contribution < 1.29 is 0 Å². The summed E-state index contributed by atoms with van der Waals surface area (Å²) in [6, 6.07) is 6.09. The number of thiol groups is 1. The van der Waals surface area contributed by atoms with Gasteiger partial charge in [-0.1, -0.05) is 6.07 Å². The van der Waals surface area contributed by atoms with Crippen LogP contribution in [0.15, 0.2) is 23.1 Å². The molecule has 0 heterocycles. The maximum Gasteiger partial charge on any atom is 0.0170 e. The summed E-state index contributed by atoms with van der Waals surface area (Å²) in [6.07, 6.45) is 0. The highest BCUT2D eigenvalue weighted by Gasteiger charge is 1.94. The molecule has 0 atom stereocenters. The quantitative estimate of drug-likeness (QED) is 0.531. The fraction of sp³-hybridized carbons (Fsp3) is 0.143. The number of rotatable bonds is 0. The van der Waals surface area contributed by atoms with Gasteiger partial charge in [-0.05, 0) is 47.2 Å². The van der Waals surface area contributed by atoms with E-state index >= 15 is 0 Å². The van der Waals surface area contributed by atoms with E-state index in [4.69, 9.17) is 0 Å². The van der Waals surface area contributed by atoms with E-state index in [1.54, 1.807) is 0 Å². The van der Waals surface area contributed by atoms with E-state index in [2.05, 4.69) is 48.2 Å². The zero-order valence-electron chi connectivity index (χ0n) is 5.06. The van der Waals surface area contributed by atoms with Gasteiger partial charge in [0.15, 0.2) is 0 Å². The van der Waals surface area contributed by atoms with Crippen molar-refractivity contribution in [2.45, 2.75) is 11.8 Å². The zero-order chi connectivity index (χ0) is 6.85. The average molecular weight is 250 g/mol. The Balaban J connectivity index is 3.25. The van der Waals surface area contributed by atoms with Crippen LogP contribution in [0.3, 0.4) is 0 Å². The smallest absolute Gasteiger partial charge is 0.0170 e. The predicted molar refractivity (Wildman–Crippen MR) is 51.1 cm³/mol. The first-order valence-corrected chi connectivity index (χ1v) is 4.18. The van der Waals surface area contributed by atoms with E-state index < -0.39 is 0 Å². The molecule has 0 saturated heterocycles. The van der Waals surface area contributed by atoms with Gasteiger partial charge >= 0.3 is 0 Å². The second-order valence-corrected chi connectivity index (χ2v) is 3.53. The standard InChI is InChI=1S/C7H7IS/c1-5-6(8)3-2-4-7(5)9/h2-4,9H,1H3. The Kier molecular flexibility index (Phi) is 2.41. The molecule has 0 bridgehead atoms. The molecule has 0 fully saturated rings. The minimum Gasteiger partial charge on any atom is -0.143 e. The number of benzene rings is 1. The summed E-state index contributed by atoms with van der Waals surface area (Å²) in [5.74, 6) is 0. The van der Waals surface area contributed by atoms with E-state index in [-0.39, 0.29) is 0 Å². The van der Waals surface area contributed by atoms with Gasteiger partial charge < -0.3 is 0 Å². The van der Waals surface area contributed by atoms with Gasteiger partial charge in [0.25, 0.3) is 0 Å². The summed E-state index contributed by atoms with van der Waals surface area (Å²) < 4.78 is 1.28. The van der Waals surface area contributed by atoms with Gasteiger partial charge in [0.05, 0.1) is 0 Å².